The first-order chi connectivity index (χ1) is 8.99. The second kappa shape index (κ2) is 6.55. The molecule has 0 unspecified atom stereocenters. The van der Waals surface area contributed by atoms with Crippen molar-refractivity contribution in [3.63, 3.8) is 0 Å². The maximum absolute atomic E-state index is 12.5. The van der Waals surface area contributed by atoms with E-state index < -0.39 is 5.41 Å². The van der Waals surface area contributed by atoms with E-state index in [1.54, 1.807) is 4.90 Å². The summed E-state index contributed by atoms with van der Waals surface area (Å²) >= 11 is 0. The second-order valence-corrected chi connectivity index (χ2v) is 5.31. The molecule has 0 bridgehead atoms. The summed E-state index contributed by atoms with van der Waals surface area (Å²) in [5.41, 5.74) is 4.31. The van der Waals surface area contributed by atoms with Crippen LogP contribution in [-0.4, -0.2) is 29.8 Å². The first-order valence-electron chi connectivity index (χ1n) is 6.98. The second-order valence-electron chi connectivity index (χ2n) is 5.31. The predicted octanol–water partition coefficient (Wildman–Crippen LogP) is 1.43. The van der Waals surface area contributed by atoms with Gasteiger partial charge in [0.05, 0.1) is 6.07 Å². The van der Waals surface area contributed by atoms with Crippen LogP contribution in [0, 0.1) is 22.7 Å². The Hall–Kier alpha value is -1.57. The lowest BCUT2D eigenvalue weighted by atomic mass is 9.81. The molecule has 0 aliphatic carbocycles. The van der Waals surface area contributed by atoms with Crippen LogP contribution in [0.5, 0.6) is 0 Å². The summed E-state index contributed by atoms with van der Waals surface area (Å²) in [5, 5.41) is 9.29. The molecule has 1 rings (SSSR count). The van der Waals surface area contributed by atoms with E-state index in [-0.39, 0.29) is 17.7 Å². The summed E-state index contributed by atoms with van der Waals surface area (Å²) in [6.07, 6.45) is 3.07. The lowest BCUT2D eigenvalue weighted by Crippen LogP contribution is -2.46. The minimum Gasteiger partial charge on any atom is -0.370 e. The van der Waals surface area contributed by atoms with Crippen molar-refractivity contribution >= 4 is 11.8 Å². The van der Waals surface area contributed by atoms with Crippen molar-refractivity contribution in [1.29, 1.82) is 5.26 Å². The van der Waals surface area contributed by atoms with Gasteiger partial charge in [-0.25, -0.2) is 0 Å². The summed E-state index contributed by atoms with van der Waals surface area (Å²) < 4.78 is 0. The van der Waals surface area contributed by atoms with Crippen LogP contribution in [0.25, 0.3) is 0 Å². The zero-order valence-corrected chi connectivity index (χ0v) is 11.8. The van der Waals surface area contributed by atoms with Gasteiger partial charge in [0.2, 0.25) is 11.8 Å². The highest BCUT2D eigenvalue weighted by Crippen LogP contribution is 2.30. The summed E-state index contributed by atoms with van der Waals surface area (Å²) in [6, 6.07) is 2.19. The van der Waals surface area contributed by atoms with Crippen LogP contribution < -0.4 is 5.73 Å². The largest absolute Gasteiger partial charge is 0.370 e. The van der Waals surface area contributed by atoms with Crippen LogP contribution in [0.2, 0.25) is 0 Å². The zero-order valence-electron chi connectivity index (χ0n) is 11.8. The molecule has 5 nitrogen and oxygen atoms in total. The molecule has 106 valence electrons. The number of primary amides is 1. The third-order valence-corrected chi connectivity index (χ3v) is 4.22. The van der Waals surface area contributed by atoms with Gasteiger partial charge in [0, 0.05) is 19.5 Å². The molecule has 0 saturated carbocycles. The Morgan fingerprint density at radius 3 is 2.21 bits per heavy atom. The van der Waals surface area contributed by atoms with E-state index >= 15 is 0 Å². The van der Waals surface area contributed by atoms with Crippen LogP contribution in [0.1, 0.15) is 46.0 Å². The minimum atomic E-state index is -0.878. The lowest BCUT2D eigenvalue weighted by Gasteiger charge is -2.36. The van der Waals surface area contributed by atoms with E-state index in [0.717, 1.165) is 12.8 Å². The van der Waals surface area contributed by atoms with E-state index in [1.165, 1.54) is 0 Å². The number of piperidine rings is 1. The Labute approximate surface area is 114 Å². The lowest BCUT2D eigenvalue weighted by molar-refractivity contribution is -0.141. The van der Waals surface area contributed by atoms with Crippen molar-refractivity contribution in [2.45, 2.75) is 46.0 Å². The summed E-state index contributed by atoms with van der Waals surface area (Å²) in [6.45, 7) is 5.01. The molecule has 5 heteroatoms. The number of nitrogens with two attached hydrogens (primary N) is 1. The van der Waals surface area contributed by atoms with Gasteiger partial charge in [-0.1, -0.05) is 13.8 Å². The van der Waals surface area contributed by atoms with E-state index in [1.807, 2.05) is 13.8 Å². The van der Waals surface area contributed by atoms with E-state index in [4.69, 9.17) is 5.73 Å². The molecule has 0 spiro atoms. The van der Waals surface area contributed by atoms with Gasteiger partial charge in [0.15, 0.2) is 0 Å². The summed E-state index contributed by atoms with van der Waals surface area (Å²) in [7, 11) is 0. The molecule has 0 atom stereocenters. The minimum absolute atomic E-state index is 0.0578. The van der Waals surface area contributed by atoms with E-state index in [0.29, 0.717) is 32.4 Å². The van der Waals surface area contributed by atoms with E-state index in [9.17, 15) is 14.9 Å². The molecular weight excluding hydrogens is 242 g/mol. The highest BCUT2D eigenvalue weighted by molar-refractivity contribution is 5.85. The molecule has 1 heterocycles. The van der Waals surface area contributed by atoms with Crippen LogP contribution in [0.15, 0.2) is 0 Å². The highest BCUT2D eigenvalue weighted by atomic mass is 16.2. The number of amides is 2. The van der Waals surface area contributed by atoms with Crippen molar-refractivity contribution in [1.82, 2.24) is 4.90 Å². The van der Waals surface area contributed by atoms with Crippen molar-refractivity contribution < 1.29 is 9.59 Å². The third kappa shape index (κ3) is 3.46. The Morgan fingerprint density at radius 1 is 1.32 bits per heavy atom. The van der Waals surface area contributed by atoms with Gasteiger partial charge >= 0.3 is 0 Å². The Bertz CT molecular complexity index is 375. The molecule has 0 aromatic carbocycles. The fourth-order valence-electron chi connectivity index (χ4n) is 2.69. The standard InChI is InChI=1S/C14H23N3O2/c1-3-14(4-2,10-15)13(19)17-7-5-11(6-8-17)9-12(16)18/h11H,3-9H2,1-2H3,(H2,16,18). The average molecular weight is 265 g/mol. The van der Waals surface area contributed by atoms with Gasteiger partial charge in [-0.2, -0.15) is 5.26 Å². The molecule has 0 radical (unpaired) electrons. The summed E-state index contributed by atoms with van der Waals surface area (Å²) in [4.78, 5) is 25.1. The molecule has 1 aliphatic heterocycles. The molecule has 1 aliphatic rings. The highest BCUT2D eigenvalue weighted by Gasteiger charge is 2.39. The quantitative estimate of drug-likeness (QED) is 0.815. The van der Waals surface area contributed by atoms with Gasteiger partial charge in [0.1, 0.15) is 5.41 Å². The number of nitrogens with zero attached hydrogens (tertiary/aromatic N) is 2. The fraction of sp³-hybridized carbons (Fsp3) is 0.786. The molecular formula is C14H23N3O2. The normalized spacial score (nSPS) is 17.0. The van der Waals surface area contributed by atoms with E-state index in [2.05, 4.69) is 6.07 Å². The number of likely N-dealkylation sites (tertiary alicyclic amines) is 1. The number of rotatable bonds is 5. The number of hydrogen-bond donors (Lipinski definition) is 1. The molecule has 1 saturated heterocycles. The van der Waals surface area contributed by atoms with Crippen LogP contribution >= 0.6 is 0 Å². The predicted molar refractivity (Wildman–Crippen MR) is 71.7 cm³/mol. The smallest absolute Gasteiger partial charge is 0.243 e. The number of carbonyl (C=O) groups excluding carboxylic acids is 2. The molecule has 2 amide bonds. The number of nitriles is 1. The molecule has 2 N–H and O–H groups in total. The van der Waals surface area contributed by atoms with Crippen molar-refractivity contribution in [3.8, 4) is 6.07 Å². The maximum Gasteiger partial charge on any atom is 0.243 e. The summed E-state index contributed by atoms with van der Waals surface area (Å²) in [5.74, 6) is -0.0583. The van der Waals surface area contributed by atoms with Gasteiger partial charge in [-0.15, -0.1) is 0 Å². The Morgan fingerprint density at radius 2 is 1.84 bits per heavy atom. The first-order valence-corrected chi connectivity index (χ1v) is 6.98. The van der Waals surface area contributed by atoms with Crippen molar-refractivity contribution in [3.05, 3.63) is 0 Å². The van der Waals surface area contributed by atoms with Crippen LogP contribution in [-0.2, 0) is 9.59 Å². The van der Waals surface area contributed by atoms with Gasteiger partial charge in [0.25, 0.3) is 0 Å². The van der Waals surface area contributed by atoms with Crippen LogP contribution in [0.3, 0.4) is 0 Å². The topological polar surface area (TPSA) is 87.2 Å². The fourth-order valence-corrected chi connectivity index (χ4v) is 2.69. The molecule has 0 aromatic heterocycles. The van der Waals surface area contributed by atoms with Gasteiger partial charge in [-0.3, -0.25) is 9.59 Å². The third-order valence-electron chi connectivity index (χ3n) is 4.22. The first kappa shape index (κ1) is 15.5. The zero-order chi connectivity index (χ0) is 14.5. The van der Waals surface area contributed by atoms with Crippen LogP contribution in [0.4, 0.5) is 0 Å². The Kier molecular flexibility index (Phi) is 5.34. The van der Waals surface area contributed by atoms with Gasteiger partial charge in [-0.05, 0) is 31.6 Å². The molecule has 1 fully saturated rings. The van der Waals surface area contributed by atoms with Crippen molar-refractivity contribution in [2.75, 3.05) is 13.1 Å². The molecule has 19 heavy (non-hydrogen) atoms. The number of hydrogen-bond acceptors (Lipinski definition) is 3. The maximum atomic E-state index is 12.5. The number of carbonyl (C=O) groups is 2. The monoisotopic (exact) mass is 265 g/mol. The van der Waals surface area contributed by atoms with Gasteiger partial charge < -0.3 is 10.6 Å². The average Bonchev–Trinajstić information content (AvgIpc) is 2.41. The molecule has 0 aromatic rings. The SMILES string of the molecule is CCC(C#N)(CC)C(=O)N1CCC(CC(N)=O)CC1. The van der Waals surface area contributed by atoms with Crippen molar-refractivity contribution in [2.24, 2.45) is 17.1 Å². The Balaban J connectivity index is 2.62.